The summed E-state index contributed by atoms with van der Waals surface area (Å²) in [5.74, 6) is -6.25. The molecule has 438 valence electrons. The van der Waals surface area contributed by atoms with Gasteiger partial charge in [-0.05, 0) is 173 Å². The summed E-state index contributed by atoms with van der Waals surface area (Å²) in [5, 5.41) is 0. The van der Waals surface area contributed by atoms with Gasteiger partial charge in [-0.2, -0.15) is 26.3 Å². The van der Waals surface area contributed by atoms with E-state index < -0.39 is 73.7 Å². The first-order chi connectivity index (χ1) is 41.6. The van der Waals surface area contributed by atoms with E-state index in [0.717, 1.165) is 68.7 Å². The number of nitrogens with zero attached hydrogens (tertiary/aromatic N) is 2. The average molecular weight is 1170 g/mol. The Kier molecular flexibility index (Phi) is 18.5. The van der Waals surface area contributed by atoms with Crippen LogP contribution in [0.1, 0.15) is 43.7 Å². The van der Waals surface area contributed by atoms with Crippen molar-refractivity contribution in [2.24, 2.45) is 0 Å². The Balaban J connectivity index is 0.965. The Morgan fingerprint density at radius 3 is 0.837 bits per heavy atom. The minimum absolute atomic E-state index is 0.0409. The predicted molar refractivity (Wildman–Crippen MR) is 315 cm³/mol. The molecule has 0 aliphatic heterocycles. The number of rotatable bonds is 19. The number of halogens is 7. The van der Waals surface area contributed by atoms with Crippen molar-refractivity contribution in [2.75, 3.05) is 9.80 Å². The first-order valence-corrected chi connectivity index (χ1v) is 27.6. The molecule has 5 atom stereocenters. The van der Waals surface area contributed by atoms with Crippen LogP contribution in [0.5, 0.6) is 0 Å². The molecule has 8 aromatic rings. The van der Waals surface area contributed by atoms with E-state index in [9.17, 15) is 49.9 Å². The normalized spacial score (nSPS) is 17.0. The van der Waals surface area contributed by atoms with Crippen LogP contribution in [0.2, 0.25) is 0 Å². The maximum Gasteiger partial charge on any atom is 0.374 e. The average Bonchev–Trinajstić information content (AvgIpc) is 2.41. The van der Waals surface area contributed by atoms with Gasteiger partial charge in [-0.3, -0.25) is 0 Å². The molecule has 17 heteroatoms. The van der Waals surface area contributed by atoms with Gasteiger partial charge in [-0.25, -0.2) is 23.6 Å². The van der Waals surface area contributed by atoms with Crippen molar-refractivity contribution in [3.63, 3.8) is 0 Å². The number of ether oxygens (including phenoxy) is 4. The Morgan fingerprint density at radius 1 is 0.326 bits per heavy atom. The lowest BCUT2D eigenvalue weighted by atomic mass is 9.89. The summed E-state index contributed by atoms with van der Waals surface area (Å²) in [5.41, 5.74) is 11.9. The van der Waals surface area contributed by atoms with Crippen molar-refractivity contribution >= 4 is 69.1 Å². The van der Waals surface area contributed by atoms with E-state index in [2.05, 4.69) is 0 Å². The zero-order valence-corrected chi connectivity index (χ0v) is 46.0. The van der Waals surface area contributed by atoms with E-state index in [4.69, 9.17) is 18.9 Å². The highest BCUT2D eigenvalue weighted by atomic mass is 19.3. The molecule has 2 aliphatic carbocycles. The van der Waals surface area contributed by atoms with E-state index in [1.807, 2.05) is 180 Å². The van der Waals surface area contributed by atoms with Gasteiger partial charge in [0.15, 0.2) is 6.17 Å². The van der Waals surface area contributed by atoms with Crippen LogP contribution in [0.4, 0.5) is 64.9 Å². The second-order valence-electron chi connectivity index (χ2n) is 20.4. The lowest BCUT2D eigenvalue weighted by Gasteiger charge is -2.30. The number of hydrogen-bond acceptors (Lipinski definition) is 10. The fraction of sp³-hybridized carbons (Fsp3) is 0.188. The molecule has 0 spiro atoms. The highest BCUT2D eigenvalue weighted by Gasteiger charge is 2.34. The number of alkyl halides is 7. The van der Waals surface area contributed by atoms with Gasteiger partial charge in [0.2, 0.25) is 0 Å². The maximum absolute atomic E-state index is 14.1. The standard InChI is InChI=1S/C69H55F7N2O8/c1-42(70)66(79)85-61-38-36-57(83-67(80)63(71)72)40-59(61)49-20-32-55(33-21-49)77(51-24-12-45(13-25-51)43-8-4-2-5-9-43)53-28-16-47(17-29-53)48-18-30-54(31-19-48)78(52-26-14-46(15-27-52)44-10-6-3-7-11-44)56-34-22-50(23-35-56)60-41-58(84-68(81)64(73)74)37-39-62(60)86-69(82)65(75)76/h2-35,40-42,57-58,61-65H,36-39H2,1H3. The van der Waals surface area contributed by atoms with Crippen LogP contribution in [-0.4, -0.2) is 73.7 Å². The van der Waals surface area contributed by atoms with Crippen LogP contribution in [0, 0.1) is 0 Å². The van der Waals surface area contributed by atoms with Crippen LogP contribution in [-0.2, 0) is 38.1 Å². The summed E-state index contributed by atoms with van der Waals surface area (Å²) in [4.78, 5) is 52.4. The lowest BCUT2D eigenvalue weighted by Crippen LogP contribution is -2.31. The molecule has 0 radical (unpaired) electrons. The minimum Gasteiger partial charge on any atom is -0.455 e. The SMILES string of the molecule is CC(F)C(=O)OC1CCC(OC(=O)C(F)F)C=C1c1ccc(N(c2ccc(-c3ccccc3)cc2)c2ccc(-c3ccc(N(c4ccc(C5=CC(OC(=O)C(F)F)CCC5OC(=O)C(F)F)cc4)c4ccc(-c5ccccc5)cc4)cc3)cc2)cc1. The summed E-state index contributed by atoms with van der Waals surface area (Å²) in [6, 6.07) is 65.8. The summed E-state index contributed by atoms with van der Waals surface area (Å²) < 4.78 is 115. The van der Waals surface area contributed by atoms with Crippen molar-refractivity contribution in [2.45, 2.75) is 82.5 Å². The molecule has 0 N–H and O–H groups in total. The third-order valence-corrected chi connectivity index (χ3v) is 14.7. The molecule has 0 amide bonds. The second-order valence-corrected chi connectivity index (χ2v) is 20.4. The quantitative estimate of drug-likeness (QED) is 0.0441. The molecular weight excluding hydrogens is 1120 g/mol. The van der Waals surface area contributed by atoms with Crippen molar-refractivity contribution in [3.8, 4) is 33.4 Å². The van der Waals surface area contributed by atoms with Gasteiger partial charge in [0.25, 0.3) is 0 Å². The molecule has 0 aromatic heterocycles. The van der Waals surface area contributed by atoms with Gasteiger partial charge in [-0.1, -0.05) is 133 Å². The Bertz CT molecular complexity index is 3450. The molecule has 0 saturated heterocycles. The molecule has 5 unspecified atom stereocenters. The van der Waals surface area contributed by atoms with Gasteiger partial charge >= 0.3 is 43.2 Å². The summed E-state index contributed by atoms with van der Waals surface area (Å²) >= 11 is 0. The van der Waals surface area contributed by atoms with Crippen LogP contribution < -0.4 is 9.80 Å². The fourth-order valence-corrected chi connectivity index (χ4v) is 10.5. The number of carbonyl (C=O) groups is 4. The minimum atomic E-state index is -3.41. The van der Waals surface area contributed by atoms with Crippen LogP contribution in [0.25, 0.3) is 44.5 Å². The molecule has 0 bridgehead atoms. The van der Waals surface area contributed by atoms with Crippen molar-refractivity contribution in [3.05, 3.63) is 230 Å². The Labute approximate surface area is 491 Å². The number of anilines is 6. The molecule has 2 aliphatic rings. The monoisotopic (exact) mass is 1170 g/mol. The highest BCUT2D eigenvalue weighted by molar-refractivity contribution is 5.86. The van der Waals surface area contributed by atoms with Gasteiger partial charge in [0.1, 0.15) is 24.4 Å². The van der Waals surface area contributed by atoms with Crippen molar-refractivity contribution in [1.29, 1.82) is 0 Å². The van der Waals surface area contributed by atoms with Crippen LogP contribution in [0.15, 0.2) is 218 Å². The van der Waals surface area contributed by atoms with E-state index in [-0.39, 0.29) is 31.3 Å². The number of carbonyl (C=O) groups excluding carboxylic acids is 4. The zero-order chi connectivity index (χ0) is 60.4. The van der Waals surface area contributed by atoms with Gasteiger partial charge in [-0.15, -0.1) is 0 Å². The third-order valence-electron chi connectivity index (χ3n) is 14.7. The van der Waals surface area contributed by atoms with E-state index in [1.165, 1.54) is 12.2 Å². The smallest absolute Gasteiger partial charge is 0.374 e. The topological polar surface area (TPSA) is 112 Å². The lowest BCUT2D eigenvalue weighted by molar-refractivity contribution is -0.163. The van der Waals surface area contributed by atoms with Gasteiger partial charge in [0, 0.05) is 34.1 Å². The molecule has 0 heterocycles. The van der Waals surface area contributed by atoms with E-state index >= 15 is 0 Å². The summed E-state index contributed by atoms with van der Waals surface area (Å²) in [7, 11) is 0. The summed E-state index contributed by atoms with van der Waals surface area (Å²) in [6.07, 6.45) is -13.4. The zero-order valence-electron chi connectivity index (χ0n) is 46.0. The molecule has 86 heavy (non-hydrogen) atoms. The molecular formula is C69H55F7N2O8. The third kappa shape index (κ3) is 14.1. The number of hydrogen-bond donors (Lipinski definition) is 0. The van der Waals surface area contributed by atoms with Gasteiger partial charge < -0.3 is 28.7 Å². The summed E-state index contributed by atoms with van der Waals surface area (Å²) in [6.45, 7) is 1.06. The first kappa shape index (κ1) is 59.4. The van der Waals surface area contributed by atoms with Gasteiger partial charge in [0.05, 0.1) is 0 Å². The highest BCUT2D eigenvalue weighted by Crippen LogP contribution is 2.42. The van der Waals surface area contributed by atoms with E-state index in [1.54, 1.807) is 36.4 Å². The molecule has 0 saturated carbocycles. The van der Waals surface area contributed by atoms with Crippen LogP contribution >= 0.6 is 0 Å². The number of esters is 4. The fourth-order valence-electron chi connectivity index (χ4n) is 10.5. The molecule has 0 fully saturated rings. The first-order valence-electron chi connectivity index (χ1n) is 27.6. The molecule has 8 aromatic carbocycles. The Morgan fingerprint density at radius 2 is 0.570 bits per heavy atom. The largest absolute Gasteiger partial charge is 0.455 e. The van der Waals surface area contributed by atoms with Crippen molar-refractivity contribution in [1.82, 2.24) is 0 Å². The predicted octanol–water partition coefficient (Wildman–Crippen LogP) is 16.8. The van der Waals surface area contributed by atoms with E-state index in [0.29, 0.717) is 22.4 Å². The second kappa shape index (κ2) is 26.9. The number of benzene rings is 8. The van der Waals surface area contributed by atoms with Crippen LogP contribution in [0.3, 0.4) is 0 Å². The molecule has 10 rings (SSSR count). The maximum atomic E-state index is 14.1. The van der Waals surface area contributed by atoms with Crippen molar-refractivity contribution < 1.29 is 68.9 Å². The molecule has 10 nitrogen and oxygen atoms in total. The Hall–Kier alpha value is -9.77.